The van der Waals surface area contributed by atoms with Crippen molar-refractivity contribution < 1.29 is 9.59 Å². The van der Waals surface area contributed by atoms with Crippen molar-refractivity contribution in [2.24, 2.45) is 5.41 Å². The van der Waals surface area contributed by atoms with Crippen molar-refractivity contribution in [1.82, 2.24) is 9.80 Å². The Hall–Kier alpha value is -1.68. The summed E-state index contributed by atoms with van der Waals surface area (Å²) in [6, 6.07) is 11.1. The summed E-state index contributed by atoms with van der Waals surface area (Å²) >= 11 is 0. The lowest BCUT2D eigenvalue weighted by Crippen LogP contribution is -2.54. The fraction of sp³-hybridized carbons (Fsp3) is 0.600. The summed E-state index contributed by atoms with van der Waals surface area (Å²) in [5, 5.41) is 0. The number of Topliss-reactive ketones (excluding diaryl/α,β-unsaturated/α-hetero) is 1. The van der Waals surface area contributed by atoms with E-state index in [-0.39, 0.29) is 23.5 Å². The highest BCUT2D eigenvalue weighted by atomic mass is 16.2. The predicted molar refractivity (Wildman–Crippen MR) is 94.5 cm³/mol. The van der Waals surface area contributed by atoms with E-state index in [0.717, 1.165) is 32.2 Å². The van der Waals surface area contributed by atoms with Gasteiger partial charge in [-0.2, -0.15) is 0 Å². The third-order valence-corrected chi connectivity index (χ3v) is 5.94. The zero-order valence-electron chi connectivity index (χ0n) is 14.8. The van der Waals surface area contributed by atoms with Gasteiger partial charge in [0.2, 0.25) is 5.91 Å². The Morgan fingerprint density at radius 3 is 2.46 bits per heavy atom. The molecule has 130 valence electrons. The first-order chi connectivity index (χ1) is 11.5. The minimum Gasteiger partial charge on any atom is -0.342 e. The Labute approximate surface area is 144 Å². The van der Waals surface area contributed by atoms with E-state index >= 15 is 0 Å². The van der Waals surface area contributed by atoms with Gasteiger partial charge < -0.3 is 4.90 Å². The van der Waals surface area contributed by atoms with Gasteiger partial charge in [-0.15, -0.1) is 0 Å². The van der Waals surface area contributed by atoms with E-state index in [4.69, 9.17) is 0 Å². The molecule has 0 N–H and O–H groups in total. The fourth-order valence-corrected chi connectivity index (χ4v) is 4.30. The molecule has 1 aromatic rings. The first kappa shape index (κ1) is 17.2. The Bertz CT molecular complexity index is 591. The molecule has 2 aliphatic rings. The molecule has 1 aliphatic heterocycles. The van der Waals surface area contributed by atoms with Gasteiger partial charge in [-0.25, -0.2) is 0 Å². The summed E-state index contributed by atoms with van der Waals surface area (Å²) < 4.78 is 0. The second kappa shape index (κ2) is 7.06. The summed E-state index contributed by atoms with van der Waals surface area (Å²) in [5.74, 6) is 0.192. The number of nitrogens with zero attached hydrogens (tertiary/aromatic N) is 2. The molecule has 4 heteroatoms. The molecule has 1 amide bonds. The van der Waals surface area contributed by atoms with Crippen LogP contribution in [0.4, 0.5) is 0 Å². The largest absolute Gasteiger partial charge is 0.342 e. The summed E-state index contributed by atoms with van der Waals surface area (Å²) in [6.45, 7) is 4.30. The minimum absolute atomic E-state index is 0.0106. The number of carbonyl (C=O) groups excluding carboxylic acids is 2. The molecule has 1 saturated carbocycles. The van der Waals surface area contributed by atoms with Crippen molar-refractivity contribution in [2.75, 3.05) is 20.1 Å². The molecule has 4 nitrogen and oxygen atoms in total. The molecule has 1 saturated heterocycles. The normalized spacial score (nSPS) is 28.0. The maximum absolute atomic E-state index is 12.5. The Morgan fingerprint density at radius 2 is 1.83 bits per heavy atom. The van der Waals surface area contributed by atoms with Crippen LogP contribution in [-0.2, 0) is 16.1 Å². The van der Waals surface area contributed by atoms with Crippen molar-refractivity contribution >= 4 is 11.7 Å². The molecule has 1 spiro atoms. The number of rotatable bonds is 4. The second-order valence-electron chi connectivity index (χ2n) is 7.42. The van der Waals surface area contributed by atoms with Crippen LogP contribution >= 0.6 is 0 Å². The molecule has 3 rings (SSSR count). The lowest BCUT2D eigenvalue weighted by Gasteiger charge is -2.46. The smallest absolute Gasteiger partial charge is 0.230 e. The molecule has 2 fully saturated rings. The average Bonchev–Trinajstić information content (AvgIpc) is 2.60. The van der Waals surface area contributed by atoms with Crippen molar-refractivity contribution in [1.29, 1.82) is 0 Å². The highest BCUT2D eigenvalue weighted by Gasteiger charge is 2.47. The van der Waals surface area contributed by atoms with Gasteiger partial charge in [0, 0.05) is 31.1 Å². The zero-order chi connectivity index (χ0) is 17.2. The number of likely N-dealkylation sites (tertiary alicyclic amines) is 1. The van der Waals surface area contributed by atoms with Gasteiger partial charge in [0.15, 0.2) is 0 Å². The summed E-state index contributed by atoms with van der Waals surface area (Å²) in [7, 11) is 2.18. The van der Waals surface area contributed by atoms with Crippen LogP contribution < -0.4 is 0 Å². The van der Waals surface area contributed by atoms with Crippen LogP contribution in [-0.4, -0.2) is 47.7 Å². The molecule has 0 bridgehead atoms. The predicted octanol–water partition coefficient (Wildman–Crippen LogP) is 2.87. The maximum atomic E-state index is 12.5. The lowest BCUT2D eigenvalue weighted by molar-refractivity contribution is -0.150. The molecule has 1 aliphatic carbocycles. The Morgan fingerprint density at radius 1 is 1.17 bits per heavy atom. The van der Waals surface area contributed by atoms with Crippen molar-refractivity contribution in [3.8, 4) is 0 Å². The molecule has 0 radical (unpaired) electrons. The molecule has 0 unspecified atom stereocenters. The monoisotopic (exact) mass is 328 g/mol. The number of amides is 1. The van der Waals surface area contributed by atoms with Crippen LogP contribution in [0.15, 0.2) is 30.3 Å². The second-order valence-corrected chi connectivity index (χ2v) is 7.42. The molecule has 1 heterocycles. The molecule has 24 heavy (non-hydrogen) atoms. The average molecular weight is 328 g/mol. The quantitative estimate of drug-likeness (QED) is 0.798. The first-order valence-corrected chi connectivity index (χ1v) is 9.09. The number of piperidine rings is 1. The zero-order valence-corrected chi connectivity index (χ0v) is 14.8. The Balaban J connectivity index is 1.60. The van der Waals surface area contributed by atoms with Crippen LogP contribution in [0.2, 0.25) is 0 Å². The van der Waals surface area contributed by atoms with Gasteiger partial charge in [-0.3, -0.25) is 14.5 Å². The van der Waals surface area contributed by atoms with E-state index in [1.807, 2.05) is 17.9 Å². The van der Waals surface area contributed by atoms with Crippen molar-refractivity contribution in [3.63, 3.8) is 0 Å². The van der Waals surface area contributed by atoms with E-state index in [9.17, 15) is 9.59 Å². The van der Waals surface area contributed by atoms with Crippen LogP contribution in [0.3, 0.4) is 0 Å². The third-order valence-electron chi connectivity index (χ3n) is 5.94. The SMILES string of the molecule is CCN1CC2(CCC(N(C)Cc3ccccc3)CC2)C(=O)CC1=O. The molecular formula is C20H28N2O2. The van der Waals surface area contributed by atoms with Crippen molar-refractivity contribution in [3.05, 3.63) is 35.9 Å². The first-order valence-electron chi connectivity index (χ1n) is 9.09. The number of ketones is 1. The van der Waals surface area contributed by atoms with Gasteiger partial charge in [0.05, 0.1) is 6.42 Å². The number of hydrogen-bond acceptors (Lipinski definition) is 3. The van der Waals surface area contributed by atoms with Crippen molar-refractivity contribution in [2.45, 2.75) is 51.6 Å². The van der Waals surface area contributed by atoms with Crippen LogP contribution in [0.5, 0.6) is 0 Å². The van der Waals surface area contributed by atoms with E-state index in [0.29, 0.717) is 19.1 Å². The Kier molecular flexibility index (Phi) is 5.04. The number of carbonyl (C=O) groups is 2. The standard InChI is InChI=1S/C20H28N2O2/c1-3-22-15-20(18(23)13-19(22)24)11-9-17(10-12-20)21(2)14-16-7-5-4-6-8-16/h4-8,17H,3,9-15H2,1-2H3. The topological polar surface area (TPSA) is 40.6 Å². The molecule has 1 aromatic carbocycles. The van der Waals surface area contributed by atoms with E-state index < -0.39 is 0 Å². The van der Waals surface area contributed by atoms with Crippen LogP contribution in [0.1, 0.15) is 44.6 Å². The van der Waals surface area contributed by atoms with Gasteiger partial charge in [0.1, 0.15) is 5.78 Å². The fourth-order valence-electron chi connectivity index (χ4n) is 4.30. The van der Waals surface area contributed by atoms with Crippen LogP contribution in [0, 0.1) is 5.41 Å². The molecular weight excluding hydrogens is 300 g/mol. The minimum atomic E-state index is -0.270. The van der Waals surface area contributed by atoms with Gasteiger partial charge in [-0.05, 0) is 45.2 Å². The van der Waals surface area contributed by atoms with E-state index in [1.54, 1.807) is 0 Å². The number of hydrogen-bond donors (Lipinski definition) is 0. The molecule has 0 atom stereocenters. The summed E-state index contributed by atoms with van der Waals surface area (Å²) in [4.78, 5) is 28.8. The van der Waals surface area contributed by atoms with E-state index in [2.05, 4.69) is 36.2 Å². The summed E-state index contributed by atoms with van der Waals surface area (Å²) in [6.07, 6.45) is 4.03. The molecule has 0 aromatic heterocycles. The third kappa shape index (κ3) is 3.39. The highest BCUT2D eigenvalue weighted by Crippen LogP contribution is 2.42. The van der Waals surface area contributed by atoms with E-state index in [1.165, 1.54) is 5.56 Å². The van der Waals surface area contributed by atoms with Gasteiger partial charge in [0.25, 0.3) is 0 Å². The lowest BCUT2D eigenvalue weighted by atomic mass is 9.67. The van der Waals surface area contributed by atoms with Gasteiger partial charge >= 0.3 is 0 Å². The number of benzene rings is 1. The summed E-state index contributed by atoms with van der Waals surface area (Å²) in [5.41, 5.74) is 1.06. The highest BCUT2D eigenvalue weighted by molar-refractivity contribution is 6.03. The van der Waals surface area contributed by atoms with Crippen LogP contribution in [0.25, 0.3) is 0 Å². The maximum Gasteiger partial charge on any atom is 0.230 e. The van der Waals surface area contributed by atoms with Gasteiger partial charge in [-0.1, -0.05) is 30.3 Å².